The van der Waals surface area contributed by atoms with Crippen LogP contribution in [0.3, 0.4) is 0 Å². The molecule has 1 fully saturated rings. The van der Waals surface area contributed by atoms with Crippen LogP contribution in [0, 0.1) is 5.41 Å². The molecular formula is C10H18N4S2. The zero-order valence-electron chi connectivity index (χ0n) is 9.59. The Balaban J connectivity index is 1.94. The van der Waals surface area contributed by atoms with Gasteiger partial charge in [0, 0.05) is 12.8 Å². The first kappa shape index (κ1) is 12.2. The molecule has 0 bridgehead atoms. The largest absolute Gasteiger partial charge is 0.224 e. The lowest BCUT2D eigenvalue weighted by Crippen LogP contribution is -2.29. The van der Waals surface area contributed by atoms with Gasteiger partial charge in [0.25, 0.3) is 0 Å². The van der Waals surface area contributed by atoms with Gasteiger partial charge in [-0.1, -0.05) is 31.0 Å². The highest BCUT2D eigenvalue weighted by atomic mass is 32.2. The molecule has 0 spiro atoms. The zero-order chi connectivity index (χ0) is 11.4. The van der Waals surface area contributed by atoms with Crippen LogP contribution in [-0.2, 0) is 7.05 Å². The maximum absolute atomic E-state index is 4.53. The normalized spacial score (nSPS) is 19.9. The highest BCUT2D eigenvalue weighted by Gasteiger charge is 2.31. The van der Waals surface area contributed by atoms with Gasteiger partial charge < -0.3 is 0 Å². The Morgan fingerprint density at radius 2 is 2.12 bits per heavy atom. The van der Waals surface area contributed by atoms with Crippen LogP contribution in [0.4, 0.5) is 0 Å². The molecule has 0 aromatic carbocycles. The van der Waals surface area contributed by atoms with Gasteiger partial charge in [-0.05, 0) is 34.4 Å². The van der Waals surface area contributed by atoms with Crippen LogP contribution < -0.4 is 0 Å². The molecular weight excluding hydrogens is 240 g/mol. The van der Waals surface area contributed by atoms with Crippen molar-refractivity contribution in [1.29, 1.82) is 0 Å². The summed E-state index contributed by atoms with van der Waals surface area (Å²) in [5, 5.41) is 12.4. The van der Waals surface area contributed by atoms with Gasteiger partial charge in [-0.25, -0.2) is 4.68 Å². The number of hydrogen-bond acceptors (Lipinski definition) is 5. The molecule has 1 aliphatic rings. The molecule has 2 rings (SSSR count). The van der Waals surface area contributed by atoms with E-state index in [1.165, 1.54) is 32.1 Å². The molecule has 1 heterocycles. The first-order chi connectivity index (χ1) is 7.76. The molecule has 0 saturated heterocycles. The van der Waals surface area contributed by atoms with Crippen molar-refractivity contribution in [3.8, 4) is 0 Å². The van der Waals surface area contributed by atoms with Gasteiger partial charge in [-0.3, -0.25) is 0 Å². The summed E-state index contributed by atoms with van der Waals surface area (Å²) in [6.07, 6.45) is 6.67. The van der Waals surface area contributed by atoms with E-state index in [4.69, 9.17) is 0 Å². The van der Waals surface area contributed by atoms with Crippen LogP contribution in [0.1, 0.15) is 32.1 Å². The second-order valence-electron chi connectivity index (χ2n) is 4.59. The average Bonchev–Trinajstić information content (AvgIpc) is 2.74. The summed E-state index contributed by atoms with van der Waals surface area (Å²) in [5.41, 5.74) is 0.401. The molecule has 0 amide bonds. The Kier molecular flexibility index (Phi) is 4.13. The first-order valence-corrected chi connectivity index (χ1v) is 7.34. The lowest BCUT2D eigenvalue weighted by Gasteiger charge is -2.35. The summed E-state index contributed by atoms with van der Waals surface area (Å²) in [5.74, 6) is 2.07. The molecule has 0 unspecified atom stereocenters. The molecule has 0 radical (unpaired) electrons. The molecule has 0 N–H and O–H groups in total. The Bertz CT molecular complexity index is 333. The van der Waals surface area contributed by atoms with Crippen LogP contribution >= 0.6 is 24.4 Å². The van der Waals surface area contributed by atoms with Gasteiger partial charge >= 0.3 is 0 Å². The maximum atomic E-state index is 4.53. The number of aryl methyl sites for hydroxylation is 1. The van der Waals surface area contributed by atoms with Crippen LogP contribution in [0.2, 0.25) is 0 Å². The van der Waals surface area contributed by atoms with Crippen LogP contribution in [0.5, 0.6) is 0 Å². The van der Waals surface area contributed by atoms with E-state index in [0.29, 0.717) is 5.41 Å². The van der Waals surface area contributed by atoms with E-state index >= 15 is 0 Å². The molecule has 6 heteroatoms. The molecule has 0 aliphatic heterocycles. The summed E-state index contributed by atoms with van der Waals surface area (Å²) < 4.78 is 1.74. The quantitative estimate of drug-likeness (QED) is 0.664. The predicted molar refractivity (Wildman–Crippen MR) is 68.9 cm³/mol. The van der Waals surface area contributed by atoms with E-state index in [0.717, 1.165) is 16.7 Å². The third-order valence-electron chi connectivity index (χ3n) is 3.34. The zero-order valence-corrected chi connectivity index (χ0v) is 11.3. The Morgan fingerprint density at radius 3 is 2.69 bits per heavy atom. The fraction of sp³-hybridized carbons (Fsp3) is 0.900. The second kappa shape index (κ2) is 5.40. The lowest BCUT2D eigenvalue weighted by molar-refractivity contribution is 0.258. The van der Waals surface area contributed by atoms with Crippen LogP contribution in [0.15, 0.2) is 5.16 Å². The Labute approximate surface area is 106 Å². The minimum absolute atomic E-state index is 0.401. The highest BCUT2D eigenvalue weighted by Crippen LogP contribution is 2.40. The van der Waals surface area contributed by atoms with Gasteiger partial charge in [0.1, 0.15) is 0 Å². The number of rotatable bonds is 4. The lowest BCUT2D eigenvalue weighted by atomic mass is 9.77. The molecule has 1 aromatic heterocycles. The second-order valence-corrected chi connectivity index (χ2v) is 5.85. The predicted octanol–water partition coefficient (Wildman–Crippen LogP) is 2.18. The number of hydrogen-bond donors (Lipinski definition) is 1. The smallest absolute Gasteiger partial charge is 0.209 e. The summed E-state index contributed by atoms with van der Waals surface area (Å²) in [6, 6.07) is 0. The average molecular weight is 258 g/mol. The molecule has 4 nitrogen and oxygen atoms in total. The summed E-state index contributed by atoms with van der Waals surface area (Å²) in [4.78, 5) is 0. The van der Waals surface area contributed by atoms with Crippen molar-refractivity contribution >= 4 is 24.4 Å². The van der Waals surface area contributed by atoms with Gasteiger partial charge in [0.2, 0.25) is 5.16 Å². The SMILES string of the molecule is Cn1nnnc1SCC1(CS)CCCCC1. The van der Waals surface area contributed by atoms with Crippen molar-refractivity contribution in [3.63, 3.8) is 0 Å². The van der Waals surface area contributed by atoms with Crippen molar-refractivity contribution in [2.24, 2.45) is 12.5 Å². The van der Waals surface area contributed by atoms with Gasteiger partial charge in [0.15, 0.2) is 0 Å². The summed E-state index contributed by atoms with van der Waals surface area (Å²) in [7, 11) is 1.89. The molecule has 1 aromatic rings. The molecule has 90 valence electrons. The van der Waals surface area contributed by atoms with E-state index in [9.17, 15) is 0 Å². The first-order valence-electron chi connectivity index (χ1n) is 5.72. The van der Waals surface area contributed by atoms with Crippen LogP contribution in [0.25, 0.3) is 0 Å². The van der Waals surface area contributed by atoms with Crippen molar-refractivity contribution in [2.75, 3.05) is 11.5 Å². The number of aromatic nitrogens is 4. The molecule has 16 heavy (non-hydrogen) atoms. The van der Waals surface area contributed by atoms with E-state index < -0.39 is 0 Å². The van der Waals surface area contributed by atoms with Crippen molar-refractivity contribution in [2.45, 2.75) is 37.3 Å². The number of thiol groups is 1. The van der Waals surface area contributed by atoms with Gasteiger partial charge in [-0.2, -0.15) is 12.6 Å². The standard InChI is InChI=1S/C10H18N4S2/c1-14-9(11-12-13-14)16-8-10(7-15)5-3-2-4-6-10/h15H,2-8H2,1H3. The monoisotopic (exact) mass is 258 g/mol. The number of thioether (sulfide) groups is 1. The van der Waals surface area contributed by atoms with Crippen molar-refractivity contribution < 1.29 is 0 Å². The Hall–Kier alpha value is -0.230. The Morgan fingerprint density at radius 1 is 1.38 bits per heavy atom. The highest BCUT2D eigenvalue weighted by molar-refractivity contribution is 7.99. The van der Waals surface area contributed by atoms with Crippen molar-refractivity contribution in [1.82, 2.24) is 20.2 Å². The minimum atomic E-state index is 0.401. The van der Waals surface area contributed by atoms with Crippen molar-refractivity contribution in [3.05, 3.63) is 0 Å². The fourth-order valence-corrected chi connectivity index (χ4v) is 3.93. The van der Waals surface area contributed by atoms with Crippen LogP contribution in [-0.4, -0.2) is 31.7 Å². The number of nitrogens with zero attached hydrogens (tertiary/aromatic N) is 4. The molecule has 0 atom stereocenters. The topological polar surface area (TPSA) is 43.6 Å². The van der Waals surface area contributed by atoms with E-state index in [1.807, 2.05) is 7.05 Å². The van der Waals surface area contributed by atoms with Gasteiger partial charge in [0.05, 0.1) is 0 Å². The fourth-order valence-electron chi connectivity index (χ4n) is 2.21. The summed E-state index contributed by atoms with van der Waals surface area (Å²) in [6.45, 7) is 0. The number of tetrazole rings is 1. The van der Waals surface area contributed by atoms with E-state index in [2.05, 4.69) is 28.2 Å². The molecule has 1 aliphatic carbocycles. The minimum Gasteiger partial charge on any atom is -0.224 e. The van der Waals surface area contributed by atoms with Gasteiger partial charge in [-0.15, -0.1) is 5.10 Å². The maximum Gasteiger partial charge on any atom is 0.209 e. The van der Waals surface area contributed by atoms with E-state index in [-0.39, 0.29) is 0 Å². The van der Waals surface area contributed by atoms with E-state index in [1.54, 1.807) is 16.4 Å². The third-order valence-corrected chi connectivity index (χ3v) is 5.37. The molecule has 1 saturated carbocycles. The third kappa shape index (κ3) is 2.71. The summed E-state index contributed by atoms with van der Waals surface area (Å²) >= 11 is 6.30.